The van der Waals surface area contributed by atoms with Crippen molar-refractivity contribution in [1.82, 2.24) is 4.98 Å². The second-order valence-electron chi connectivity index (χ2n) is 4.53. The lowest BCUT2D eigenvalue weighted by atomic mass is 9.90. The minimum atomic E-state index is -0.796. The van der Waals surface area contributed by atoms with Gasteiger partial charge < -0.3 is 0 Å². The fourth-order valence-corrected chi connectivity index (χ4v) is 2.08. The molecule has 1 aromatic heterocycles. The van der Waals surface area contributed by atoms with Gasteiger partial charge in [-0.15, -0.1) is 0 Å². The molecule has 19 heavy (non-hydrogen) atoms. The van der Waals surface area contributed by atoms with Gasteiger partial charge in [0.1, 0.15) is 5.92 Å². The van der Waals surface area contributed by atoms with Gasteiger partial charge >= 0.3 is 0 Å². The van der Waals surface area contributed by atoms with Crippen LogP contribution in [-0.4, -0.2) is 10.8 Å². The van der Waals surface area contributed by atoms with Crippen LogP contribution in [0, 0.1) is 25.2 Å². The van der Waals surface area contributed by atoms with Crippen LogP contribution in [0.15, 0.2) is 42.7 Å². The Balaban J connectivity index is 2.40. The molecule has 0 saturated heterocycles. The van der Waals surface area contributed by atoms with Crippen LogP contribution in [0.1, 0.15) is 33.0 Å². The van der Waals surface area contributed by atoms with Crippen molar-refractivity contribution in [3.63, 3.8) is 0 Å². The number of aromatic nitrogens is 1. The molecule has 1 unspecified atom stereocenters. The quantitative estimate of drug-likeness (QED) is 0.786. The number of nitriles is 1. The van der Waals surface area contributed by atoms with Crippen molar-refractivity contribution >= 4 is 5.78 Å². The molecule has 0 N–H and O–H groups in total. The highest BCUT2D eigenvalue weighted by atomic mass is 16.1. The maximum absolute atomic E-state index is 12.5. The third-order valence-corrected chi connectivity index (χ3v) is 3.06. The standard InChI is InChI=1S/C16H14N2O/c1-11-5-6-14(12(2)8-11)16(19)15(9-17)13-4-3-7-18-10-13/h3-8,10,15H,1-2H3. The van der Waals surface area contributed by atoms with E-state index in [9.17, 15) is 10.1 Å². The number of hydrogen-bond donors (Lipinski definition) is 0. The number of benzene rings is 1. The van der Waals surface area contributed by atoms with Gasteiger partial charge in [-0.1, -0.05) is 29.8 Å². The Bertz CT molecular complexity index is 642. The summed E-state index contributed by atoms with van der Waals surface area (Å²) in [6, 6.07) is 11.2. The van der Waals surface area contributed by atoms with E-state index in [1.807, 2.05) is 26.0 Å². The van der Waals surface area contributed by atoms with Crippen molar-refractivity contribution in [2.75, 3.05) is 0 Å². The minimum absolute atomic E-state index is 0.173. The first-order chi connectivity index (χ1) is 9.13. The molecule has 2 rings (SSSR count). The van der Waals surface area contributed by atoms with Crippen LogP contribution in [0.3, 0.4) is 0 Å². The molecular formula is C16H14N2O. The Kier molecular flexibility index (Phi) is 3.72. The van der Waals surface area contributed by atoms with Gasteiger partial charge in [0.05, 0.1) is 6.07 Å². The lowest BCUT2D eigenvalue weighted by molar-refractivity contribution is 0.0978. The molecule has 0 bridgehead atoms. The molecule has 0 saturated carbocycles. The molecule has 1 heterocycles. The molecule has 0 aliphatic rings. The number of ketones is 1. The van der Waals surface area contributed by atoms with Crippen molar-refractivity contribution in [2.24, 2.45) is 0 Å². The summed E-state index contributed by atoms with van der Waals surface area (Å²) in [6.07, 6.45) is 3.19. The molecule has 0 spiro atoms. The van der Waals surface area contributed by atoms with Gasteiger partial charge in [0.15, 0.2) is 5.78 Å². The van der Waals surface area contributed by atoms with Gasteiger partial charge in [-0.2, -0.15) is 5.26 Å². The van der Waals surface area contributed by atoms with Crippen LogP contribution in [0.25, 0.3) is 0 Å². The molecular weight excluding hydrogens is 236 g/mol. The number of Topliss-reactive ketones (excluding diaryl/α,β-unsaturated/α-hetero) is 1. The fraction of sp³-hybridized carbons (Fsp3) is 0.188. The van der Waals surface area contributed by atoms with E-state index in [2.05, 4.69) is 11.1 Å². The largest absolute Gasteiger partial charge is 0.292 e. The van der Waals surface area contributed by atoms with Gasteiger partial charge in [-0.05, 0) is 31.0 Å². The summed E-state index contributed by atoms with van der Waals surface area (Å²) >= 11 is 0. The second kappa shape index (κ2) is 5.45. The normalized spacial score (nSPS) is 11.6. The van der Waals surface area contributed by atoms with Gasteiger partial charge in [0, 0.05) is 18.0 Å². The lowest BCUT2D eigenvalue weighted by Gasteiger charge is -2.10. The molecule has 3 nitrogen and oxygen atoms in total. The van der Waals surface area contributed by atoms with E-state index in [0.717, 1.165) is 11.1 Å². The van der Waals surface area contributed by atoms with E-state index in [0.29, 0.717) is 11.1 Å². The highest BCUT2D eigenvalue weighted by Gasteiger charge is 2.23. The zero-order valence-corrected chi connectivity index (χ0v) is 10.9. The molecule has 2 aromatic rings. The zero-order chi connectivity index (χ0) is 13.8. The average Bonchev–Trinajstić information content (AvgIpc) is 2.40. The molecule has 1 atom stereocenters. The van der Waals surface area contributed by atoms with E-state index in [-0.39, 0.29) is 5.78 Å². The smallest absolute Gasteiger partial charge is 0.184 e. The van der Waals surface area contributed by atoms with Crippen LogP contribution >= 0.6 is 0 Å². The van der Waals surface area contributed by atoms with Crippen LogP contribution < -0.4 is 0 Å². The molecule has 0 fully saturated rings. The number of pyridine rings is 1. The van der Waals surface area contributed by atoms with Crippen molar-refractivity contribution in [1.29, 1.82) is 5.26 Å². The molecule has 3 heteroatoms. The summed E-state index contributed by atoms with van der Waals surface area (Å²) in [5, 5.41) is 9.26. The summed E-state index contributed by atoms with van der Waals surface area (Å²) in [5.74, 6) is -0.969. The van der Waals surface area contributed by atoms with Crippen molar-refractivity contribution in [3.8, 4) is 6.07 Å². The van der Waals surface area contributed by atoms with E-state index in [1.165, 1.54) is 0 Å². The molecule has 94 valence electrons. The van der Waals surface area contributed by atoms with Crippen LogP contribution in [-0.2, 0) is 0 Å². The van der Waals surface area contributed by atoms with E-state index >= 15 is 0 Å². The number of aryl methyl sites for hydroxylation is 2. The first-order valence-electron chi connectivity index (χ1n) is 6.04. The van der Waals surface area contributed by atoms with E-state index < -0.39 is 5.92 Å². The Labute approximate surface area is 112 Å². The van der Waals surface area contributed by atoms with Gasteiger partial charge in [-0.3, -0.25) is 9.78 Å². The monoisotopic (exact) mass is 250 g/mol. The maximum Gasteiger partial charge on any atom is 0.184 e. The minimum Gasteiger partial charge on any atom is -0.292 e. The topological polar surface area (TPSA) is 53.8 Å². The summed E-state index contributed by atoms with van der Waals surface area (Å²) < 4.78 is 0. The fourth-order valence-electron chi connectivity index (χ4n) is 2.08. The molecule has 0 aliphatic heterocycles. The summed E-state index contributed by atoms with van der Waals surface area (Å²) in [5.41, 5.74) is 3.23. The zero-order valence-electron chi connectivity index (χ0n) is 10.9. The van der Waals surface area contributed by atoms with Gasteiger partial charge in [-0.25, -0.2) is 0 Å². The molecule has 0 aliphatic carbocycles. The Hall–Kier alpha value is -2.47. The first-order valence-corrected chi connectivity index (χ1v) is 6.04. The van der Waals surface area contributed by atoms with E-state index in [1.54, 1.807) is 30.6 Å². The number of hydrogen-bond acceptors (Lipinski definition) is 3. The third-order valence-electron chi connectivity index (χ3n) is 3.06. The Morgan fingerprint density at radius 1 is 1.32 bits per heavy atom. The number of carbonyl (C=O) groups is 1. The predicted molar refractivity (Wildman–Crippen MR) is 72.8 cm³/mol. The van der Waals surface area contributed by atoms with Crippen molar-refractivity contribution in [3.05, 3.63) is 65.0 Å². The Morgan fingerprint density at radius 2 is 2.11 bits per heavy atom. The molecule has 1 aromatic carbocycles. The number of nitrogens with zero attached hydrogens (tertiary/aromatic N) is 2. The van der Waals surface area contributed by atoms with Gasteiger partial charge in [0.25, 0.3) is 0 Å². The van der Waals surface area contributed by atoms with Crippen LogP contribution in [0.5, 0.6) is 0 Å². The molecule has 0 amide bonds. The molecule has 0 radical (unpaired) electrons. The summed E-state index contributed by atoms with van der Waals surface area (Å²) in [7, 11) is 0. The summed E-state index contributed by atoms with van der Waals surface area (Å²) in [4.78, 5) is 16.4. The van der Waals surface area contributed by atoms with E-state index in [4.69, 9.17) is 0 Å². The number of carbonyl (C=O) groups excluding carboxylic acids is 1. The SMILES string of the molecule is Cc1ccc(C(=O)C(C#N)c2cccnc2)c(C)c1. The lowest BCUT2D eigenvalue weighted by Crippen LogP contribution is -2.13. The third kappa shape index (κ3) is 2.69. The highest BCUT2D eigenvalue weighted by molar-refractivity contribution is 6.03. The maximum atomic E-state index is 12.5. The second-order valence-corrected chi connectivity index (χ2v) is 4.53. The van der Waals surface area contributed by atoms with Crippen LogP contribution in [0.4, 0.5) is 0 Å². The number of rotatable bonds is 3. The predicted octanol–water partition coefficient (Wildman–Crippen LogP) is 3.19. The highest BCUT2D eigenvalue weighted by Crippen LogP contribution is 2.22. The van der Waals surface area contributed by atoms with Crippen LogP contribution in [0.2, 0.25) is 0 Å². The average molecular weight is 250 g/mol. The Morgan fingerprint density at radius 3 is 2.68 bits per heavy atom. The first kappa shape index (κ1) is 13.0. The van der Waals surface area contributed by atoms with Crippen molar-refractivity contribution in [2.45, 2.75) is 19.8 Å². The van der Waals surface area contributed by atoms with Gasteiger partial charge in [0.2, 0.25) is 0 Å². The van der Waals surface area contributed by atoms with Crippen molar-refractivity contribution < 1.29 is 4.79 Å². The summed E-state index contributed by atoms with van der Waals surface area (Å²) in [6.45, 7) is 3.86.